The van der Waals surface area contributed by atoms with Crippen LogP contribution in [0.3, 0.4) is 0 Å². The maximum Gasteiger partial charge on any atom is 0.433 e. The lowest BCUT2D eigenvalue weighted by atomic mass is 10.0. The molecule has 3 aromatic heterocycles. The van der Waals surface area contributed by atoms with E-state index >= 15 is 0 Å². The first-order valence-electron chi connectivity index (χ1n) is 12.5. The van der Waals surface area contributed by atoms with E-state index in [9.17, 15) is 18.0 Å². The first-order valence-corrected chi connectivity index (χ1v) is 12.5. The Morgan fingerprint density at radius 3 is 2.50 bits per heavy atom. The zero-order chi connectivity index (χ0) is 28.0. The number of alkyl halides is 3. The molecule has 6 rings (SSSR count). The molecule has 0 spiro atoms. The van der Waals surface area contributed by atoms with Crippen molar-refractivity contribution in [3.05, 3.63) is 113 Å². The topological polar surface area (TPSA) is 77.1 Å². The van der Waals surface area contributed by atoms with E-state index in [2.05, 4.69) is 20.5 Å². The summed E-state index contributed by atoms with van der Waals surface area (Å²) in [5.74, 6) is -0.441. The van der Waals surface area contributed by atoms with Crippen molar-refractivity contribution < 1.29 is 18.0 Å². The van der Waals surface area contributed by atoms with Crippen molar-refractivity contribution in [3.8, 4) is 11.3 Å². The van der Waals surface area contributed by atoms with Crippen molar-refractivity contribution in [3.63, 3.8) is 0 Å². The molecule has 0 aliphatic rings. The number of aromatic nitrogens is 5. The number of halogens is 3. The number of rotatable bonds is 5. The number of benzene rings is 3. The number of nitrogens with one attached hydrogen (secondary N) is 1. The first-order chi connectivity index (χ1) is 19.2. The highest BCUT2D eigenvalue weighted by Gasteiger charge is 2.35. The van der Waals surface area contributed by atoms with Crippen LogP contribution in [0.4, 0.5) is 19.0 Å². The number of amides is 1. The fourth-order valence-corrected chi connectivity index (χ4v) is 4.64. The third-order valence-corrected chi connectivity index (χ3v) is 6.85. The van der Waals surface area contributed by atoms with Gasteiger partial charge in [0.2, 0.25) is 0 Å². The minimum absolute atomic E-state index is 0.0883. The molecule has 10 heteroatoms. The van der Waals surface area contributed by atoms with Crippen LogP contribution < -0.4 is 5.32 Å². The summed E-state index contributed by atoms with van der Waals surface area (Å²) in [7, 11) is 0. The van der Waals surface area contributed by atoms with Crippen LogP contribution in [-0.2, 0) is 12.7 Å². The molecule has 0 aliphatic carbocycles. The molecule has 0 aliphatic heterocycles. The minimum Gasteiger partial charge on any atom is -0.304 e. The Kier molecular flexibility index (Phi) is 6.10. The van der Waals surface area contributed by atoms with E-state index in [1.807, 2.05) is 62.4 Å². The molecule has 3 aromatic carbocycles. The van der Waals surface area contributed by atoms with Gasteiger partial charge in [-0.05, 0) is 53.4 Å². The molecule has 0 saturated carbocycles. The smallest absolute Gasteiger partial charge is 0.304 e. The highest BCUT2D eigenvalue weighted by atomic mass is 19.4. The molecule has 0 atom stereocenters. The van der Waals surface area contributed by atoms with Crippen LogP contribution >= 0.6 is 0 Å². The number of nitrogens with zero attached hydrogens (tertiary/aromatic N) is 5. The molecule has 0 unspecified atom stereocenters. The summed E-state index contributed by atoms with van der Waals surface area (Å²) in [4.78, 5) is 17.4. The van der Waals surface area contributed by atoms with Gasteiger partial charge in [-0.1, -0.05) is 54.6 Å². The van der Waals surface area contributed by atoms with Crippen LogP contribution in [0.1, 0.15) is 32.9 Å². The van der Waals surface area contributed by atoms with Gasteiger partial charge in [0.05, 0.1) is 12.2 Å². The van der Waals surface area contributed by atoms with Gasteiger partial charge >= 0.3 is 6.18 Å². The number of carbonyl (C=O) groups excluding carboxylic acids is 1. The maximum atomic E-state index is 14.0. The quantitative estimate of drug-likeness (QED) is 0.265. The normalized spacial score (nSPS) is 11.8. The predicted molar refractivity (Wildman–Crippen MR) is 146 cm³/mol. The summed E-state index contributed by atoms with van der Waals surface area (Å²) in [5.41, 5.74) is 2.37. The molecule has 0 bridgehead atoms. The zero-order valence-electron chi connectivity index (χ0n) is 21.6. The Labute approximate surface area is 226 Å². The molecule has 200 valence electrons. The SMILES string of the molecule is Cc1ccc(-c2cc(C(F)(F)F)n3nc(C(=O)Nc4ccn(Cc5cccc6ccccc56)n4)cc3n2)cc1C. The fraction of sp³-hybridized carbons (Fsp3) is 0.133. The molecule has 40 heavy (non-hydrogen) atoms. The second-order valence-corrected chi connectivity index (χ2v) is 9.61. The zero-order valence-corrected chi connectivity index (χ0v) is 21.6. The molecule has 6 aromatic rings. The third kappa shape index (κ3) is 4.79. The Balaban J connectivity index is 1.28. The lowest BCUT2D eigenvalue weighted by Gasteiger charge is -2.11. The van der Waals surface area contributed by atoms with Gasteiger partial charge in [-0.2, -0.15) is 23.4 Å². The molecular weight excluding hydrogens is 517 g/mol. The lowest BCUT2D eigenvalue weighted by Crippen LogP contribution is -2.16. The Morgan fingerprint density at radius 1 is 0.900 bits per heavy atom. The van der Waals surface area contributed by atoms with E-state index in [-0.39, 0.29) is 22.9 Å². The minimum atomic E-state index is -4.71. The van der Waals surface area contributed by atoms with Crippen LogP contribution in [0.25, 0.3) is 27.7 Å². The Morgan fingerprint density at radius 2 is 1.70 bits per heavy atom. The second kappa shape index (κ2) is 9.64. The average molecular weight is 541 g/mol. The summed E-state index contributed by atoms with van der Waals surface area (Å²) in [6.07, 6.45) is -2.99. The number of carbonyl (C=O) groups is 1. The van der Waals surface area contributed by atoms with Crippen molar-refractivity contribution in [2.24, 2.45) is 0 Å². The maximum absolute atomic E-state index is 14.0. The monoisotopic (exact) mass is 540 g/mol. The molecule has 1 N–H and O–H groups in total. The fourth-order valence-electron chi connectivity index (χ4n) is 4.64. The van der Waals surface area contributed by atoms with E-state index in [0.29, 0.717) is 16.6 Å². The number of aryl methyl sites for hydroxylation is 2. The van der Waals surface area contributed by atoms with Crippen molar-refractivity contribution in [2.45, 2.75) is 26.6 Å². The van der Waals surface area contributed by atoms with Gasteiger partial charge in [-0.25, -0.2) is 9.50 Å². The Bertz CT molecular complexity index is 1900. The van der Waals surface area contributed by atoms with E-state index < -0.39 is 17.8 Å². The van der Waals surface area contributed by atoms with Crippen molar-refractivity contribution >= 4 is 28.1 Å². The van der Waals surface area contributed by atoms with Crippen molar-refractivity contribution in [1.29, 1.82) is 0 Å². The number of hydrogen-bond acceptors (Lipinski definition) is 4. The molecule has 3 heterocycles. The molecule has 1 amide bonds. The lowest BCUT2D eigenvalue weighted by molar-refractivity contribution is -0.142. The number of hydrogen-bond donors (Lipinski definition) is 1. The highest BCUT2D eigenvalue weighted by molar-refractivity contribution is 6.03. The van der Waals surface area contributed by atoms with E-state index in [1.54, 1.807) is 29.1 Å². The summed E-state index contributed by atoms with van der Waals surface area (Å²) in [5, 5.41) is 13.2. The predicted octanol–water partition coefficient (Wildman–Crippen LogP) is 6.68. The Hall–Kier alpha value is -4.99. The summed E-state index contributed by atoms with van der Waals surface area (Å²) < 4.78 is 44.3. The largest absolute Gasteiger partial charge is 0.433 e. The third-order valence-electron chi connectivity index (χ3n) is 6.85. The average Bonchev–Trinajstić information content (AvgIpc) is 3.56. The van der Waals surface area contributed by atoms with E-state index in [0.717, 1.165) is 33.5 Å². The van der Waals surface area contributed by atoms with Crippen LogP contribution in [0.15, 0.2) is 85.1 Å². The van der Waals surface area contributed by atoms with E-state index in [4.69, 9.17) is 0 Å². The summed E-state index contributed by atoms with van der Waals surface area (Å²) in [6, 6.07) is 23.2. The van der Waals surface area contributed by atoms with Crippen LogP contribution in [0.2, 0.25) is 0 Å². The molecule has 7 nitrogen and oxygen atoms in total. The standard InChI is InChI=1S/C30H23F3N6O/c1-18-10-11-21(14-19(18)2)24-15-26(30(31,32)33)39-28(34-24)16-25(36-39)29(40)35-27-12-13-38(37-27)17-22-8-5-7-20-6-3-4-9-23(20)22/h3-16H,17H2,1-2H3,(H,35,37,40). The van der Waals surface area contributed by atoms with Gasteiger partial charge in [0.1, 0.15) is 0 Å². The molecule has 0 radical (unpaired) electrons. The van der Waals surface area contributed by atoms with Crippen molar-refractivity contribution in [2.75, 3.05) is 5.32 Å². The van der Waals surface area contributed by atoms with Crippen LogP contribution in [-0.4, -0.2) is 30.3 Å². The van der Waals surface area contributed by atoms with Crippen molar-refractivity contribution in [1.82, 2.24) is 24.4 Å². The van der Waals surface area contributed by atoms with Gasteiger partial charge in [-0.3, -0.25) is 9.48 Å². The van der Waals surface area contributed by atoms with Gasteiger partial charge in [0.15, 0.2) is 22.9 Å². The van der Waals surface area contributed by atoms with Crippen LogP contribution in [0, 0.1) is 13.8 Å². The molecule has 0 saturated heterocycles. The number of fused-ring (bicyclic) bond motifs is 2. The molecular formula is C30H23F3N6O. The summed E-state index contributed by atoms with van der Waals surface area (Å²) >= 11 is 0. The first kappa shape index (κ1) is 25.3. The number of anilines is 1. The molecule has 0 fully saturated rings. The van der Waals surface area contributed by atoms with Gasteiger partial charge in [-0.15, -0.1) is 0 Å². The van der Waals surface area contributed by atoms with Crippen LogP contribution in [0.5, 0.6) is 0 Å². The second-order valence-electron chi connectivity index (χ2n) is 9.61. The highest BCUT2D eigenvalue weighted by Crippen LogP contribution is 2.33. The van der Waals surface area contributed by atoms with Gasteiger partial charge in [0.25, 0.3) is 5.91 Å². The van der Waals surface area contributed by atoms with Gasteiger partial charge in [0, 0.05) is 23.9 Å². The van der Waals surface area contributed by atoms with E-state index in [1.165, 1.54) is 6.07 Å². The van der Waals surface area contributed by atoms with Gasteiger partial charge < -0.3 is 5.32 Å². The summed E-state index contributed by atoms with van der Waals surface area (Å²) in [6.45, 7) is 4.28.